The van der Waals surface area contributed by atoms with Gasteiger partial charge in [0.05, 0.1) is 27.7 Å². The van der Waals surface area contributed by atoms with E-state index in [2.05, 4.69) is 21.1 Å². The number of aliphatic hydroxyl groups excluding tert-OH is 1. The molecular formula is C5H16NO5P. The van der Waals surface area contributed by atoms with Crippen molar-refractivity contribution in [1.82, 2.24) is 0 Å². The highest BCUT2D eigenvalue weighted by Gasteiger charge is 2.02. The molecule has 76 valence electrons. The molecule has 0 aromatic heterocycles. The first-order chi connectivity index (χ1) is 5.06. The number of nitrogens with zero attached hydrogens (tertiary/aromatic N) is 1. The zero-order chi connectivity index (χ0) is 10.4. The van der Waals surface area contributed by atoms with Crippen molar-refractivity contribution in [1.29, 1.82) is 0 Å². The first kappa shape index (κ1) is 14.5. The molecule has 7 heteroatoms. The summed E-state index contributed by atoms with van der Waals surface area (Å²) in [4.78, 5) is 22.9. The molecule has 0 rings (SSSR count). The van der Waals surface area contributed by atoms with E-state index in [9.17, 15) is 0 Å². The Kier molecular flexibility index (Phi) is 6.83. The van der Waals surface area contributed by atoms with Crippen molar-refractivity contribution in [3.63, 3.8) is 0 Å². The van der Waals surface area contributed by atoms with E-state index in [0.717, 1.165) is 11.0 Å². The van der Waals surface area contributed by atoms with E-state index >= 15 is 0 Å². The zero-order valence-electron chi connectivity index (χ0n) is 7.47. The molecule has 0 aliphatic rings. The number of likely N-dealkylation sites (N-methyl/N-ethyl adjacent to an activating group) is 1. The van der Waals surface area contributed by atoms with Crippen molar-refractivity contribution < 1.29 is 28.8 Å². The van der Waals surface area contributed by atoms with E-state index in [-0.39, 0.29) is 6.61 Å². The Morgan fingerprint density at radius 3 is 1.58 bits per heavy atom. The van der Waals surface area contributed by atoms with Gasteiger partial charge in [0.25, 0.3) is 7.82 Å². The van der Waals surface area contributed by atoms with Gasteiger partial charge < -0.3 is 24.3 Å². The molecule has 0 saturated heterocycles. The van der Waals surface area contributed by atoms with Gasteiger partial charge in [-0.25, -0.2) is 0 Å². The summed E-state index contributed by atoms with van der Waals surface area (Å²) in [6.45, 7) is 1.11. The average Bonchev–Trinajstić information content (AvgIpc) is 1.54. The third-order valence-corrected chi connectivity index (χ3v) is 0.771. The topological polar surface area (TPSA) is 101 Å². The van der Waals surface area contributed by atoms with Crippen molar-refractivity contribution in [3.05, 3.63) is 0 Å². The predicted molar refractivity (Wildman–Crippen MR) is 42.0 cm³/mol. The Morgan fingerprint density at radius 2 is 1.58 bits per heavy atom. The number of hydrogen-bond donors (Lipinski definition) is 3. The van der Waals surface area contributed by atoms with Crippen LogP contribution >= 0.6 is 7.82 Å². The van der Waals surface area contributed by atoms with E-state index in [0.29, 0.717) is 0 Å². The Balaban J connectivity index is 0. The van der Waals surface area contributed by atoms with Gasteiger partial charge in [0.2, 0.25) is 0 Å². The van der Waals surface area contributed by atoms with Gasteiger partial charge >= 0.3 is 0 Å². The quantitative estimate of drug-likeness (QED) is 0.358. The number of rotatable bonds is 2. The van der Waals surface area contributed by atoms with Crippen molar-refractivity contribution in [2.75, 3.05) is 34.3 Å². The maximum Gasteiger partial charge on any atom is 0.262 e. The van der Waals surface area contributed by atoms with Gasteiger partial charge in [-0.3, -0.25) is 4.57 Å². The van der Waals surface area contributed by atoms with Crippen LogP contribution in [0.5, 0.6) is 0 Å². The molecule has 0 radical (unpaired) electrons. The Morgan fingerprint density at radius 1 is 1.33 bits per heavy atom. The van der Waals surface area contributed by atoms with Gasteiger partial charge in [0.15, 0.2) is 0 Å². The Labute approximate surface area is 71.9 Å². The zero-order valence-corrected chi connectivity index (χ0v) is 8.36. The van der Waals surface area contributed by atoms with Crippen LogP contribution in [0.4, 0.5) is 0 Å². The van der Waals surface area contributed by atoms with Crippen molar-refractivity contribution in [2.24, 2.45) is 0 Å². The monoisotopic (exact) mass is 201 g/mol. The second kappa shape index (κ2) is 5.64. The summed E-state index contributed by atoms with van der Waals surface area (Å²) in [5.74, 6) is 0. The third-order valence-electron chi connectivity index (χ3n) is 0.771. The van der Waals surface area contributed by atoms with Gasteiger partial charge in [-0.2, -0.15) is 0 Å². The van der Waals surface area contributed by atoms with E-state index < -0.39 is 7.82 Å². The molecule has 0 fully saturated rings. The molecule has 0 unspecified atom stereocenters. The number of phosphoric acid groups is 1. The summed E-state index contributed by atoms with van der Waals surface area (Å²) in [7, 11) is 1.27. The van der Waals surface area contributed by atoms with Crippen LogP contribution in [0.3, 0.4) is 0 Å². The van der Waals surface area contributed by atoms with Crippen LogP contribution in [0.1, 0.15) is 0 Å². The molecule has 3 N–H and O–H groups in total. The lowest BCUT2D eigenvalue weighted by atomic mass is 10.5. The fourth-order valence-electron chi connectivity index (χ4n) is 0.300. The van der Waals surface area contributed by atoms with Gasteiger partial charge in [0.1, 0.15) is 6.54 Å². The molecule has 0 amide bonds. The molecule has 0 aliphatic heterocycles. The molecule has 0 spiro atoms. The SMILES string of the molecule is C[N+](C)(C)CCO.O=P([O-])(O)O. The van der Waals surface area contributed by atoms with Crippen molar-refractivity contribution in [3.8, 4) is 0 Å². The minimum Gasteiger partial charge on any atom is -0.756 e. The Hall–Kier alpha value is 0.0300. The minimum atomic E-state index is -4.89. The lowest BCUT2D eigenvalue weighted by molar-refractivity contribution is -0.870. The van der Waals surface area contributed by atoms with E-state index in [1.165, 1.54) is 0 Å². The molecule has 0 saturated carbocycles. The lowest BCUT2D eigenvalue weighted by Gasteiger charge is -2.21. The number of hydrogen-bond acceptors (Lipinski definition) is 3. The molecular weight excluding hydrogens is 185 g/mol. The molecule has 6 nitrogen and oxygen atoms in total. The molecule has 12 heavy (non-hydrogen) atoms. The second-order valence-corrected chi connectivity index (χ2v) is 4.21. The highest BCUT2D eigenvalue weighted by molar-refractivity contribution is 7.43. The van der Waals surface area contributed by atoms with Crippen LogP contribution < -0.4 is 4.89 Å². The predicted octanol–water partition coefficient (Wildman–Crippen LogP) is -1.88. The van der Waals surface area contributed by atoms with E-state index in [4.69, 9.17) is 24.4 Å². The minimum absolute atomic E-state index is 0.281. The second-order valence-electron chi connectivity index (χ2n) is 3.23. The largest absolute Gasteiger partial charge is 0.756 e. The molecule has 0 aromatic rings. The number of quaternary nitrogens is 1. The van der Waals surface area contributed by atoms with Crippen molar-refractivity contribution >= 4 is 7.82 Å². The molecule has 0 heterocycles. The lowest BCUT2D eigenvalue weighted by Crippen LogP contribution is -2.36. The third kappa shape index (κ3) is 50.4. The summed E-state index contributed by atoms with van der Waals surface area (Å²) in [5, 5.41) is 8.39. The van der Waals surface area contributed by atoms with Gasteiger partial charge in [-0.15, -0.1) is 0 Å². The average molecular weight is 201 g/mol. The molecule has 0 atom stereocenters. The summed E-state index contributed by atoms with van der Waals surface area (Å²) in [5.41, 5.74) is 0. The summed E-state index contributed by atoms with van der Waals surface area (Å²) >= 11 is 0. The van der Waals surface area contributed by atoms with Crippen LogP contribution in [0.25, 0.3) is 0 Å². The first-order valence-corrected chi connectivity index (χ1v) is 4.77. The summed E-state index contributed by atoms with van der Waals surface area (Å²) in [6, 6.07) is 0. The van der Waals surface area contributed by atoms with Gasteiger partial charge in [-0.05, 0) is 0 Å². The standard InChI is InChI=1S/C5H14NO.H3O4P/c1-6(2,3)4-5-7;1-5(2,3)4/h7H,4-5H2,1-3H3;(H3,1,2,3,4)/q+1;/p-1. The maximum atomic E-state index is 8.77. The van der Waals surface area contributed by atoms with Gasteiger partial charge in [-0.1, -0.05) is 0 Å². The summed E-state index contributed by atoms with van der Waals surface area (Å²) in [6.07, 6.45) is 0. The smallest absolute Gasteiger partial charge is 0.262 e. The van der Waals surface area contributed by atoms with Crippen LogP contribution in [0, 0.1) is 0 Å². The molecule has 0 aromatic carbocycles. The van der Waals surface area contributed by atoms with E-state index in [1.54, 1.807) is 0 Å². The number of aliphatic hydroxyl groups is 1. The van der Waals surface area contributed by atoms with Gasteiger partial charge in [0, 0.05) is 0 Å². The van der Waals surface area contributed by atoms with E-state index in [1.807, 2.05) is 0 Å². The van der Waals surface area contributed by atoms with Crippen LogP contribution in [0.15, 0.2) is 0 Å². The molecule has 0 bridgehead atoms. The Bertz CT molecular complexity index is 140. The van der Waals surface area contributed by atoms with Crippen LogP contribution in [0.2, 0.25) is 0 Å². The highest BCUT2D eigenvalue weighted by Crippen LogP contribution is 2.18. The fourth-order valence-corrected chi connectivity index (χ4v) is 0.300. The fraction of sp³-hybridized carbons (Fsp3) is 1.00. The highest BCUT2D eigenvalue weighted by atomic mass is 31.2. The first-order valence-electron chi connectivity index (χ1n) is 3.24. The normalized spacial score (nSPS) is 11.9. The molecule has 0 aliphatic carbocycles. The van der Waals surface area contributed by atoms with Crippen molar-refractivity contribution in [2.45, 2.75) is 0 Å². The maximum absolute atomic E-state index is 8.77. The van der Waals surface area contributed by atoms with Crippen LogP contribution in [-0.2, 0) is 4.57 Å². The summed E-state index contributed by atoms with van der Waals surface area (Å²) < 4.78 is 9.61. The van der Waals surface area contributed by atoms with Crippen LogP contribution in [-0.4, -0.2) is 53.7 Å².